The maximum atomic E-state index is 14.9. The van der Waals surface area contributed by atoms with E-state index in [0.717, 1.165) is 24.6 Å². The minimum atomic E-state index is -4.88. The average molecular weight is 469 g/mol. The molecule has 1 aromatic heterocycles. The van der Waals surface area contributed by atoms with Crippen molar-refractivity contribution >= 4 is 34.4 Å². The molecule has 0 spiro atoms. The molecule has 0 radical (unpaired) electrons. The van der Waals surface area contributed by atoms with E-state index in [-0.39, 0.29) is 29.4 Å². The highest BCUT2D eigenvalue weighted by atomic mass is 35.5. The number of hydrogen-bond donors (Lipinski definition) is 1. The summed E-state index contributed by atoms with van der Waals surface area (Å²) in [6, 6.07) is 6.60. The fourth-order valence-electron chi connectivity index (χ4n) is 4.41. The number of carboxylic acids is 1. The van der Waals surface area contributed by atoms with Crippen molar-refractivity contribution in [2.75, 3.05) is 0 Å². The van der Waals surface area contributed by atoms with Crippen LogP contribution in [0.15, 0.2) is 36.4 Å². The monoisotopic (exact) mass is 468 g/mol. The summed E-state index contributed by atoms with van der Waals surface area (Å²) in [6.07, 6.45) is -2.60. The SMILES string of the molecule is O=C(c1c(Cl)cccc1C(F)(F)F)n1nc(C2(C(=O)O)CCCCC2)c2c(F)cccc21. The van der Waals surface area contributed by atoms with E-state index in [1.165, 1.54) is 12.1 Å². The first-order chi connectivity index (χ1) is 15.1. The third-order valence-corrected chi connectivity index (χ3v) is 6.27. The standard InChI is InChI=1S/C22H17ClF4N2O3/c23-13-7-4-6-12(22(25,26)27)16(13)19(30)29-15-9-5-8-14(24)17(15)18(28-29)21(20(31)32)10-2-1-3-11-21/h4-9H,1-3,10-11H2,(H,31,32). The summed E-state index contributed by atoms with van der Waals surface area (Å²) < 4.78 is 56.2. The predicted octanol–water partition coefficient (Wildman–Crippen LogP) is 5.82. The number of fused-ring (bicyclic) bond motifs is 1. The molecule has 32 heavy (non-hydrogen) atoms. The van der Waals surface area contributed by atoms with Gasteiger partial charge in [-0.1, -0.05) is 43.0 Å². The number of carboxylic acid groups (broad SMARTS) is 1. The Morgan fingerprint density at radius 1 is 1.06 bits per heavy atom. The zero-order chi connectivity index (χ0) is 23.3. The van der Waals surface area contributed by atoms with Crippen LogP contribution in [0, 0.1) is 5.82 Å². The summed E-state index contributed by atoms with van der Waals surface area (Å²) in [4.78, 5) is 25.6. The molecule has 1 saturated carbocycles. The second-order valence-electron chi connectivity index (χ2n) is 7.81. The molecule has 0 bridgehead atoms. The van der Waals surface area contributed by atoms with Crippen LogP contribution in [0.4, 0.5) is 17.6 Å². The molecular weight excluding hydrogens is 452 g/mol. The van der Waals surface area contributed by atoms with Crippen molar-refractivity contribution in [2.45, 2.75) is 43.7 Å². The van der Waals surface area contributed by atoms with Crippen molar-refractivity contribution in [3.8, 4) is 0 Å². The average Bonchev–Trinajstić information content (AvgIpc) is 3.14. The van der Waals surface area contributed by atoms with Crippen LogP contribution in [0.25, 0.3) is 10.9 Å². The van der Waals surface area contributed by atoms with Crippen molar-refractivity contribution < 1.29 is 32.3 Å². The van der Waals surface area contributed by atoms with Gasteiger partial charge in [0.05, 0.1) is 32.7 Å². The maximum Gasteiger partial charge on any atom is 0.417 e. The van der Waals surface area contributed by atoms with Gasteiger partial charge in [-0.3, -0.25) is 9.59 Å². The van der Waals surface area contributed by atoms with Crippen LogP contribution in [-0.4, -0.2) is 26.8 Å². The van der Waals surface area contributed by atoms with Gasteiger partial charge in [0.15, 0.2) is 0 Å². The topological polar surface area (TPSA) is 72.2 Å². The Hall–Kier alpha value is -2.94. The predicted molar refractivity (Wildman–Crippen MR) is 108 cm³/mol. The van der Waals surface area contributed by atoms with Gasteiger partial charge >= 0.3 is 12.1 Å². The van der Waals surface area contributed by atoms with E-state index in [1.807, 2.05) is 0 Å². The summed E-state index contributed by atoms with van der Waals surface area (Å²) in [5, 5.41) is 13.5. The molecule has 1 aliphatic rings. The molecule has 2 aromatic carbocycles. The molecule has 10 heteroatoms. The first-order valence-electron chi connectivity index (χ1n) is 9.89. The van der Waals surface area contributed by atoms with Crippen LogP contribution in [0.3, 0.4) is 0 Å². The number of hydrogen-bond acceptors (Lipinski definition) is 3. The third-order valence-electron chi connectivity index (χ3n) is 5.95. The second kappa shape index (κ2) is 7.88. The van der Waals surface area contributed by atoms with Crippen molar-refractivity contribution in [1.29, 1.82) is 0 Å². The number of halogens is 5. The first kappa shape index (κ1) is 22.3. The molecule has 1 heterocycles. The Morgan fingerprint density at radius 3 is 2.34 bits per heavy atom. The van der Waals surface area contributed by atoms with Crippen molar-refractivity contribution in [2.24, 2.45) is 0 Å². The molecule has 0 aliphatic heterocycles. The Balaban J connectivity index is 2.00. The van der Waals surface area contributed by atoms with E-state index in [9.17, 15) is 32.3 Å². The highest BCUT2D eigenvalue weighted by Crippen LogP contribution is 2.43. The van der Waals surface area contributed by atoms with Crippen molar-refractivity contribution in [1.82, 2.24) is 9.78 Å². The molecule has 4 rings (SSSR count). The van der Waals surface area contributed by atoms with E-state index in [2.05, 4.69) is 5.10 Å². The molecule has 3 aromatic rings. The quantitative estimate of drug-likeness (QED) is 0.491. The number of nitrogens with zero attached hydrogens (tertiary/aromatic N) is 2. The zero-order valence-electron chi connectivity index (χ0n) is 16.5. The van der Waals surface area contributed by atoms with Crippen molar-refractivity contribution in [3.05, 3.63) is 64.1 Å². The molecule has 1 fully saturated rings. The summed E-state index contributed by atoms with van der Waals surface area (Å²) in [7, 11) is 0. The van der Waals surface area contributed by atoms with Crippen LogP contribution in [-0.2, 0) is 16.4 Å². The van der Waals surface area contributed by atoms with E-state index in [0.29, 0.717) is 23.6 Å². The minimum Gasteiger partial charge on any atom is -0.481 e. The van der Waals surface area contributed by atoms with Gasteiger partial charge in [0, 0.05) is 0 Å². The summed E-state index contributed by atoms with van der Waals surface area (Å²) >= 11 is 5.97. The maximum absolute atomic E-state index is 14.9. The van der Waals surface area contributed by atoms with Gasteiger partial charge in [0.25, 0.3) is 5.91 Å². The first-order valence-corrected chi connectivity index (χ1v) is 10.3. The Morgan fingerprint density at radius 2 is 1.72 bits per heavy atom. The second-order valence-corrected chi connectivity index (χ2v) is 8.21. The largest absolute Gasteiger partial charge is 0.481 e. The smallest absolute Gasteiger partial charge is 0.417 e. The van der Waals surface area contributed by atoms with Gasteiger partial charge in [-0.15, -0.1) is 0 Å². The molecule has 0 saturated heterocycles. The summed E-state index contributed by atoms with van der Waals surface area (Å²) in [5.41, 5.74) is -3.93. The van der Waals surface area contributed by atoms with Crippen LogP contribution >= 0.6 is 11.6 Å². The van der Waals surface area contributed by atoms with Gasteiger partial charge in [-0.05, 0) is 37.1 Å². The number of aliphatic carboxylic acids is 1. The molecule has 1 aliphatic carbocycles. The van der Waals surface area contributed by atoms with E-state index in [1.54, 1.807) is 0 Å². The zero-order valence-corrected chi connectivity index (χ0v) is 17.3. The van der Waals surface area contributed by atoms with E-state index in [4.69, 9.17) is 11.6 Å². The fraction of sp³-hybridized carbons (Fsp3) is 0.318. The molecule has 5 nitrogen and oxygen atoms in total. The molecule has 168 valence electrons. The Labute approximate surface area is 184 Å². The normalized spacial score (nSPS) is 16.3. The lowest BCUT2D eigenvalue weighted by atomic mass is 9.71. The van der Waals surface area contributed by atoms with E-state index >= 15 is 0 Å². The van der Waals surface area contributed by atoms with Crippen LogP contribution in [0.5, 0.6) is 0 Å². The number of carbonyl (C=O) groups is 2. The highest BCUT2D eigenvalue weighted by molar-refractivity contribution is 6.34. The third kappa shape index (κ3) is 3.44. The lowest BCUT2D eigenvalue weighted by molar-refractivity contribution is -0.145. The summed E-state index contributed by atoms with van der Waals surface area (Å²) in [5.74, 6) is -3.24. The van der Waals surface area contributed by atoms with Gasteiger partial charge in [-0.25, -0.2) is 4.39 Å². The van der Waals surface area contributed by atoms with Gasteiger partial charge in [-0.2, -0.15) is 23.0 Å². The van der Waals surface area contributed by atoms with Crippen LogP contribution < -0.4 is 0 Å². The van der Waals surface area contributed by atoms with Crippen molar-refractivity contribution in [3.63, 3.8) is 0 Å². The number of rotatable bonds is 3. The summed E-state index contributed by atoms with van der Waals surface area (Å²) in [6.45, 7) is 0. The molecule has 0 unspecified atom stereocenters. The molecule has 0 amide bonds. The van der Waals surface area contributed by atoms with Crippen LogP contribution in [0.2, 0.25) is 5.02 Å². The molecular formula is C22H17ClF4N2O3. The lowest BCUT2D eigenvalue weighted by Gasteiger charge is -2.31. The molecule has 1 N–H and O–H groups in total. The fourth-order valence-corrected chi connectivity index (χ4v) is 4.66. The van der Waals surface area contributed by atoms with E-state index < -0.39 is 45.4 Å². The number of benzene rings is 2. The minimum absolute atomic E-state index is 0.121. The van der Waals surface area contributed by atoms with Gasteiger partial charge in [0.1, 0.15) is 11.2 Å². The Bertz CT molecular complexity index is 1230. The van der Waals surface area contributed by atoms with Gasteiger partial charge in [0.2, 0.25) is 0 Å². The molecule has 0 atom stereocenters. The lowest BCUT2D eigenvalue weighted by Crippen LogP contribution is -2.38. The number of aromatic nitrogens is 2. The van der Waals surface area contributed by atoms with Gasteiger partial charge < -0.3 is 5.11 Å². The van der Waals surface area contributed by atoms with Crippen LogP contribution in [0.1, 0.15) is 53.7 Å². The highest BCUT2D eigenvalue weighted by Gasteiger charge is 2.46. The Kier molecular flexibility index (Phi) is 5.48. The number of alkyl halides is 3. The number of carbonyl (C=O) groups excluding carboxylic acids is 1.